The second-order valence-electron chi connectivity index (χ2n) is 3.89. The first-order chi connectivity index (χ1) is 9.13. The summed E-state index contributed by atoms with van der Waals surface area (Å²) in [5, 5.41) is 0. The maximum absolute atomic E-state index is 13.1. The van der Waals surface area contributed by atoms with Crippen LogP contribution in [0.15, 0.2) is 51.8 Å². The van der Waals surface area contributed by atoms with E-state index < -0.39 is 11.1 Å². The Kier molecular flexibility index (Phi) is 2.88. The molecule has 4 nitrogen and oxygen atoms in total. The van der Waals surface area contributed by atoms with Crippen molar-refractivity contribution in [2.45, 2.75) is 4.90 Å². The quantitative estimate of drug-likeness (QED) is 0.675. The van der Waals surface area contributed by atoms with Crippen LogP contribution in [0, 0.1) is 5.82 Å². The Labute approximate surface area is 110 Å². The molecule has 0 amide bonds. The third-order valence-corrected chi connectivity index (χ3v) is 3.26. The fourth-order valence-corrected chi connectivity index (χ4v) is 2.14. The number of halogens is 1. The molecule has 1 aromatic heterocycles. The first-order valence-corrected chi connectivity index (χ1v) is 6.47. The van der Waals surface area contributed by atoms with Gasteiger partial charge in [-0.05, 0) is 47.5 Å². The molecular formula is C13H7FNO3S-. The zero-order valence-corrected chi connectivity index (χ0v) is 10.3. The van der Waals surface area contributed by atoms with Crippen molar-refractivity contribution in [3.05, 3.63) is 48.3 Å². The van der Waals surface area contributed by atoms with Gasteiger partial charge in [-0.15, -0.1) is 0 Å². The van der Waals surface area contributed by atoms with Gasteiger partial charge in [-0.3, -0.25) is 4.21 Å². The summed E-state index contributed by atoms with van der Waals surface area (Å²) in [4.78, 5) is 4.29. The van der Waals surface area contributed by atoms with Gasteiger partial charge in [0.1, 0.15) is 11.3 Å². The first-order valence-electron chi connectivity index (χ1n) is 5.39. The van der Waals surface area contributed by atoms with Crippen molar-refractivity contribution in [3.8, 4) is 11.5 Å². The largest absolute Gasteiger partial charge is 0.768 e. The Bertz CT molecular complexity index is 784. The summed E-state index contributed by atoms with van der Waals surface area (Å²) in [7, 11) is 0. The van der Waals surface area contributed by atoms with Gasteiger partial charge in [0.15, 0.2) is 5.58 Å². The minimum Gasteiger partial charge on any atom is -0.768 e. The molecule has 0 bridgehead atoms. The average Bonchev–Trinajstić information content (AvgIpc) is 2.81. The second-order valence-corrected chi connectivity index (χ2v) is 4.83. The van der Waals surface area contributed by atoms with Crippen LogP contribution in [0.3, 0.4) is 0 Å². The molecule has 0 fully saturated rings. The van der Waals surface area contributed by atoms with Crippen LogP contribution in [0.4, 0.5) is 4.39 Å². The number of benzene rings is 2. The smallest absolute Gasteiger partial charge is 0.227 e. The Morgan fingerprint density at radius 1 is 1.21 bits per heavy atom. The lowest BCUT2D eigenvalue weighted by atomic mass is 10.2. The summed E-state index contributed by atoms with van der Waals surface area (Å²) in [5.74, 6) is -0.135. The number of aromatic nitrogens is 1. The van der Waals surface area contributed by atoms with E-state index in [1.807, 2.05) is 0 Å². The molecule has 1 heterocycles. The van der Waals surface area contributed by atoms with Gasteiger partial charge >= 0.3 is 0 Å². The van der Waals surface area contributed by atoms with Gasteiger partial charge in [-0.2, -0.15) is 0 Å². The number of nitrogens with zero attached hydrogens (tertiary/aromatic N) is 1. The summed E-state index contributed by atoms with van der Waals surface area (Å²) in [5.41, 5.74) is 1.37. The third kappa shape index (κ3) is 2.27. The fourth-order valence-electron chi connectivity index (χ4n) is 1.76. The molecule has 3 rings (SSSR count). The van der Waals surface area contributed by atoms with Crippen molar-refractivity contribution in [3.63, 3.8) is 0 Å². The summed E-state index contributed by atoms with van der Waals surface area (Å²) < 4.78 is 40.3. The van der Waals surface area contributed by atoms with Crippen LogP contribution in [0.25, 0.3) is 22.6 Å². The molecule has 0 saturated carbocycles. The summed E-state index contributed by atoms with van der Waals surface area (Å²) in [6.07, 6.45) is 0. The van der Waals surface area contributed by atoms with Gasteiger partial charge in [0.2, 0.25) is 5.89 Å². The molecular weight excluding hydrogens is 269 g/mol. The molecule has 0 aliphatic heterocycles. The van der Waals surface area contributed by atoms with Crippen LogP contribution in [-0.2, 0) is 11.1 Å². The number of hydrogen-bond donors (Lipinski definition) is 0. The minimum absolute atomic E-state index is 0.131. The highest BCUT2D eigenvalue weighted by molar-refractivity contribution is 7.79. The number of hydrogen-bond acceptors (Lipinski definition) is 4. The first kappa shape index (κ1) is 12.0. The van der Waals surface area contributed by atoms with E-state index >= 15 is 0 Å². The average molecular weight is 276 g/mol. The van der Waals surface area contributed by atoms with Crippen LogP contribution >= 0.6 is 0 Å². The van der Waals surface area contributed by atoms with Gasteiger partial charge in [-0.1, -0.05) is 6.07 Å². The predicted octanol–water partition coefficient (Wildman–Crippen LogP) is 2.87. The van der Waals surface area contributed by atoms with Gasteiger partial charge in [0, 0.05) is 10.5 Å². The molecule has 0 radical (unpaired) electrons. The zero-order chi connectivity index (χ0) is 13.4. The van der Waals surface area contributed by atoms with Gasteiger partial charge in [0.05, 0.1) is 0 Å². The molecule has 0 saturated heterocycles. The minimum atomic E-state index is -2.32. The fraction of sp³-hybridized carbons (Fsp3) is 0. The third-order valence-electron chi connectivity index (χ3n) is 2.62. The maximum Gasteiger partial charge on any atom is 0.227 e. The van der Waals surface area contributed by atoms with Crippen molar-refractivity contribution in [1.29, 1.82) is 0 Å². The lowest BCUT2D eigenvalue weighted by molar-refractivity contribution is 0.537. The van der Waals surface area contributed by atoms with Crippen molar-refractivity contribution in [1.82, 2.24) is 4.98 Å². The lowest BCUT2D eigenvalue weighted by Crippen LogP contribution is -1.87. The zero-order valence-electron chi connectivity index (χ0n) is 9.50. The number of oxazole rings is 1. The molecule has 96 valence electrons. The van der Waals surface area contributed by atoms with E-state index in [-0.39, 0.29) is 16.6 Å². The van der Waals surface area contributed by atoms with E-state index in [2.05, 4.69) is 4.98 Å². The molecule has 6 heteroatoms. The Morgan fingerprint density at radius 2 is 2.05 bits per heavy atom. The lowest BCUT2D eigenvalue weighted by Gasteiger charge is -2.02. The molecule has 0 N–H and O–H groups in total. The topological polar surface area (TPSA) is 66.2 Å². The van der Waals surface area contributed by atoms with Crippen molar-refractivity contribution >= 4 is 22.2 Å². The highest BCUT2D eigenvalue weighted by Gasteiger charge is 2.09. The van der Waals surface area contributed by atoms with Crippen molar-refractivity contribution in [2.75, 3.05) is 0 Å². The van der Waals surface area contributed by atoms with Crippen LogP contribution in [0.1, 0.15) is 0 Å². The van der Waals surface area contributed by atoms with E-state index in [9.17, 15) is 13.2 Å². The van der Waals surface area contributed by atoms with E-state index in [4.69, 9.17) is 4.42 Å². The Hall–Kier alpha value is -2.05. The highest BCUT2D eigenvalue weighted by atomic mass is 32.2. The van der Waals surface area contributed by atoms with E-state index in [1.165, 1.54) is 30.3 Å². The standard InChI is InChI=1S/C13H8FNO3S/c14-9-3-1-2-8(6-9)13-15-11-7-10(19(16)17)4-5-12(11)18-13/h1-7H,(H,16,17)/p-1. The maximum atomic E-state index is 13.1. The normalized spacial score (nSPS) is 12.7. The molecule has 1 unspecified atom stereocenters. The highest BCUT2D eigenvalue weighted by Crippen LogP contribution is 2.25. The molecule has 1 atom stereocenters. The SMILES string of the molecule is O=S([O-])c1ccc2oc(-c3cccc(F)c3)nc2c1. The van der Waals surface area contributed by atoms with E-state index in [1.54, 1.807) is 12.1 Å². The molecule has 0 aliphatic rings. The molecule has 0 spiro atoms. The Morgan fingerprint density at radius 3 is 2.79 bits per heavy atom. The molecule has 19 heavy (non-hydrogen) atoms. The van der Waals surface area contributed by atoms with Crippen LogP contribution in [-0.4, -0.2) is 13.7 Å². The van der Waals surface area contributed by atoms with Crippen LogP contribution < -0.4 is 0 Å². The number of fused-ring (bicyclic) bond motifs is 1. The predicted molar refractivity (Wildman–Crippen MR) is 66.6 cm³/mol. The molecule has 2 aromatic carbocycles. The summed E-state index contributed by atoms with van der Waals surface area (Å²) in [6, 6.07) is 10.2. The van der Waals surface area contributed by atoms with E-state index in [0.29, 0.717) is 16.7 Å². The van der Waals surface area contributed by atoms with Crippen LogP contribution in [0.2, 0.25) is 0 Å². The van der Waals surface area contributed by atoms with Gasteiger partial charge < -0.3 is 8.97 Å². The molecule has 3 aromatic rings. The van der Waals surface area contributed by atoms with Crippen LogP contribution in [0.5, 0.6) is 0 Å². The number of rotatable bonds is 2. The monoisotopic (exact) mass is 276 g/mol. The molecule has 0 aliphatic carbocycles. The summed E-state index contributed by atoms with van der Waals surface area (Å²) in [6.45, 7) is 0. The van der Waals surface area contributed by atoms with Gasteiger partial charge in [0.25, 0.3) is 0 Å². The summed E-state index contributed by atoms with van der Waals surface area (Å²) >= 11 is -2.32. The second kappa shape index (κ2) is 4.56. The van der Waals surface area contributed by atoms with Crippen molar-refractivity contribution in [2.24, 2.45) is 0 Å². The van der Waals surface area contributed by atoms with Gasteiger partial charge in [-0.25, -0.2) is 9.37 Å². The van der Waals surface area contributed by atoms with Crippen molar-refractivity contribution < 1.29 is 17.6 Å². The van der Waals surface area contributed by atoms with E-state index in [0.717, 1.165) is 0 Å². The Balaban J connectivity index is 2.14.